The van der Waals surface area contributed by atoms with Crippen LogP contribution in [0.25, 0.3) is 0 Å². The van der Waals surface area contributed by atoms with Crippen molar-refractivity contribution < 1.29 is 14.2 Å². The SMILES string of the molecule is CCC1(C)CC2(OCC(C)(COC)CO2)C(C)C(C)(CC)N1N. The second-order valence-corrected chi connectivity index (χ2v) is 8.46. The molecule has 5 heteroatoms. The molecule has 5 nitrogen and oxygen atoms in total. The van der Waals surface area contributed by atoms with Crippen molar-refractivity contribution in [2.24, 2.45) is 17.2 Å². The van der Waals surface area contributed by atoms with Crippen molar-refractivity contribution >= 4 is 0 Å². The van der Waals surface area contributed by atoms with Gasteiger partial charge in [-0.15, -0.1) is 0 Å². The summed E-state index contributed by atoms with van der Waals surface area (Å²) in [6, 6.07) is 0. The molecule has 3 unspecified atom stereocenters. The van der Waals surface area contributed by atoms with Crippen molar-refractivity contribution in [3.05, 3.63) is 0 Å². The molecule has 0 saturated carbocycles. The Hall–Kier alpha value is -0.200. The largest absolute Gasteiger partial charge is 0.384 e. The van der Waals surface area contributed by atoms with Gasteiger partial charge in [0.15, 0.2) is 5.79 Å². The molecule has 2 heterocycles. The minimum atomic E-state index is -0.557. The number of hydrazine groups is 1. The third-order valence-electron chi connectivity index (χ3n) is 6.65. The maximum absolute atomic E-state index is 6.60. The molecule has 0 aromatic carbocycles. The lowest BCUT2D eigenvalue weighted by atomic mass is 9.66. The number of ether oxygens (including phenoxy) is 3. The second kappa shape index (κ2) is 6.26. The van der Waals surface area contributed by atoms with Crippen LogP contribution < -0.4 is 5.84 Å². The highest BCUT2D eigenvalue weighted by molar-refractivity contribution is 5.09. The summed E-state index contributed by atoms with van der Waals surface area (Å²) in [6.07, 6.45) is 2.73. The fourth-order valence-corrected chi connectivity index (χ4v) is 4.30. The quantitative estimate of drug-likeness (QED) is 0.804. The third-order valence-corrected chi connectivity index (χ3v) is 6.65. The standard InChI is InChI=1S/C18H36N2O3/c1-8-16(5)10-18(14(3)17(6,9-2)20(16)19)22-12-15(4,11-21-7)13-23-18/h14H,8-13,19H2,1-7H3. The lowest BCUT2D eigenvalue weighted by molar-refractivity contribution is -0.370. The van der Waals surface area contributed by atoms with Crippen LogP contribution in [0, 0.1) is 11.3 Å². The van der Waals surface area contributed by atoms with Gasteiger partial charge in [0.2, 0.25) is 0 Å². The first-order chi connectivity index (χ1) is 10.6. The minimum Gasteiger partial charge on any atom is -0.384 e. The highest BCUT2D eigenvalue weighted by Crippen LogP contribution is 2.52. The van der Waals surface area contributed by atoms with Gasteiger partial charge < -0.3 is 14.2 Å². The fourth-order valence-electron chi connectivity index (χ4n) is 4.30. The summed E-state index contributed by atoms with van der Waals surface area (Å²) in [5.41, 5.74) is -0.366. The van der Waals surface area contributed by atoms with Crippen LogP contribution >= 0.6 is 0 Å². The number of nitrogens with two attached hydrogens (primary N) is 1. The third kappa shape index (κ3) is 2.95. The molecule has 2 fully saturated rings. The van der Waals surface area contributed by atoms with Crippen molar-refractivity contribution in [2.45, 2.75) is 77.7 Å². The Bertz CT molecular complexity index is 422. The second-order valence-electron chi connectivity index (χ2n) is 8.46. The van der Waals surface area contributed by atoms with Crippen molar-refractivity contribution in [1.82, 2.24) is 5.01 Å². The zero-order chi connectivity index (χ0) is 17.5. The van der Waals surface area contributed by atoms with Gasteiger partial charge in [-0.25, -0.2) is 5.01 Å². The van der Waals surface area contributed by atoms with Gasteiger partial charge in [0.25, 0.3) is 0 Å². The first-order valence-electron chi connectivity index (χ1n) is 8.93. The van der Waals surface area contributed by atoms with Crippen LogP contribution in [0.1, 0.15) is 60.8 Å². The molecule has 3 atom stereocenters. The van der Waals surface area contributed by atoms with Crippen molar-refractivity contribution in [1.29, 1.82) is 0 Å². The zero-order valence-electron chi connectivity index (χ0n) is 16.1. The van der Waals surface area contributed by atoms with E-state index in [1.807, 2.05) is 0 Å². The monoisotopic (exact) mass is 328 g/mol. The molecule has 136 valence electrons. The van der Waals surface area contributed by atoms with Crippen LogP contribution in [0.5, 0.6) is 0 Å². The predicted molar refractivity (Wildman–Crippen MR) is 91.8 cm³/mol. The first-order valence-corrected chi connectivity index (χ1v) is 8.93. The average Bonchev–Trinajstić information content (AvgIpc) is 2.54. The van der Waals surface area contributed by atoms with E-state index in [4.69, 9.17) is 20.1 Å². The lowest BCUT2D eigenvalue weighted by Gasteiger charge is -2.64. The molecule has 2 aliphatic rings. The van der Waals surface area contributed by atoms with Gasteiger partial charge in [-0.1, -0.05) is 27.7 Å². The minimum absolute atomic E-state index is 0.0786. The number of nitrogens with zero attached hydrogens (tertiary/aromatic N) is 1. The summed E-state index contributed by atoms with van der Waals surface area (Å²) in [6.45, 7) is 15.2. The van der Waals surface area contributed by atoms with Gasteiger partial charge in [-0.2, -0.15) is 0 Å². The van der Waals surface area contributed by atoms with E-state index in [0.717, 1.165) is 19.3 Å². The van der Waals surface area contributed by atoms with Crippen molar-refractivity contribution in [3.8, 4) is 0 Å². The summed E-state index contributed by atoms with van der Waals surface area (Å²) >= 11 is 0. The fraction of sp³-hybridized carbons (Fsp3) is 1.00. The van der Waals surface area contributed by atoms with Crippen molar-refractivity contribution in [2.75, 3.05) is 26.9 Å². The Morgan fingerprint density at radius 2 is 1.70 bits per heavy atom. The number of rotatable bonds is 4. The molecule has 0 aromatic rings. The van der Waals surface area contributed by atoms with Gasteiger partial charge >= 0.3 is 0 Å². The van der Waals surface area contributed by atoms with Gasteiger partial charge in [-0.3, -0.25) is 5.84 Å². The van der Waals surface area contributed by atoms with Crippen LogP contribution in [0.4, 0.5) is 0 Å². The van der Waals surface area contributed by atoms with Gasteiger partial charge in [0.1, 0.15) is 0 Å². The van der Waals surface area contributed by atoms with E-state index >= 15 is 0 Å². The molecular weight excluding hydrogens is 292 g/mol. The Morgan fingerprint density at radius 1 is 1.13 bits per heavy atom. The molecule has 23 heavy (non-hydrogen) atoms. The predicted octanol–water partition coefficient (Wildman–Crippen LogP) is 2.94. The van der Waals surface area contributed by atoms with E-state index in [0.29, 0.717) is 19.8 Å². The summed E-state index contributed by atoms with van der Waals surface area (Å²) in [5.74, 6) is 6.23. The lowest BCUT2D eigenvalue weighted by Crippen LogP contribution is -2.75. The Kier molecular flexibility index (Phi) is 5.21. The van der Waals surface area contributed by atoms with E-state index in [2.05, 4.69) is 46.6 Å². The highest BCUT2D eigenvalue weighted by Gasteiger charge is 2.62. The van der Waals surface area contributed by atoms with E-state index < -0.39 is 5.79 Å². The topological polar surface area (TPSA) is 57.0 Å². The van der Waals surface area contributed by atoms with Crippen LogP contribution in [0.2, 0.25) is 0 Å². The molecule has 1 spiro atoms. The van der Waals surface area contributed by atoms with E-state index in [-0.39, 0.29) is 22.4 Å². The Labute approximate surface area is 141 Å². The van der Waals surface area contributed by atoms with E-state index in [1.165, 1.54) is 0 Å². The molecule has 2 N–H and O–H groups in total. The van der Waals surface area contributed by atoms with Gasteiger partial charge in [0, 0.05) is 35.9 Å². The van der Waals surface area contributed by atoms with Crippen molar-refractivity contribution in [3.63, 3.8) is 0 Å². The van der Waals surface area contributed by atoms with Crippen LogP contribution in [0.15, 0.2) is 0 Å². The molecule has 0 amide bonds. The number of hydrogen-bond donors (Lipinski definition) is 1. The molecule has 2 saturated heterocycles. The first kappa shape index (κ1) is 19.1. The summed E-state index contributed by atoms with van der Waals surface area (Å²) in [4.78, 5) is 0. The molecule has 0 aromatic heterocycles. The average molecular weight is 328 g/mol. The molecular formula is C18H36N2O3. The van der Waals surface area contributed by atoms with E-state index in [1.54, 1.807) is 7.11 Å². The molecule has 0 bridgehead atoms. The molecule has 0 radical (unpaired) electrons. The number of piperidine rings is 1. The number of methoxy groups -OCH3 is 1. The van der Waals surface area contributed by atoms with Crippen LogP contribution in [-0.2, 0) is 14.2 Å². The van der Waals surface area contributed by atoms with Crippen LogP contribution in [0.3, 0.4) is 0 Å². The van der Waals surface area contributed by atoms with E-state index in [9.17, 15) is 0 Å². The Balaban J connectivity index is 2.32. The number of hydrogen-bond acceptors (Lipinski definition) is 5. The zero-order valence-corrected chi connectivity index (χ0v) is 16.1. The van der Waals surface area contributed by atoms with Crippen LogP contribution in [-0.4, -0.2) is 48.8 Å². The maximum atomic E-state index is 6.60. The van der Waals surface area contributed by atoms with Gasteiger partial charge in [-0.05, 0) is 26.7 Å². The molecule has 0 aliphatic carbocycles. The summed E-state index contributed by atoms with van der Waals surface area (Å²) < 4.78 is 18.2. The highest BCUT2D eigenvalue weighted by atomic mass is 16.7. The Morgan fingerprint density at radius 3 is 2.13 bits per heavy atom. The molecule has 2 rings (SSSR count). The maximum Gasteiger partial charge on any atom is 0.174 e. The summed E-state index contributed by atoms with van der Waals surface area (Å²) in [5, 5.41) is 2.07. The summed E-state index contributed by atoms with van der Waals surface area (Å²) in [7, 11) is 1.73. The smallest absolute Gasteiger partial charge is 0.174 e. The molecule has 2 aliphatic heterocycles. The normalized spacial score (nSPS) is 48.8. The van der Waals surface area contributed by atoms with Gasteiger partial charge in [0.05, 0.1) is 19.8 Å².